The van der Waals surface area contributed by atoms with E-state index in [0.29, 0.717) is 6.54 Å². The molecule has 1 N–H and O–H groups in total. The summed E-state index contributed by atoms with van der Waals surface area (Å²) < 4.78 is 1.89. The van der Waals surface area contributed by atoms with Crippen LogP contribution >= 0.6 is 0 Å². The molecule has 1 unspecified atom stereocenters. The quantitative estimate of drug-likeness (QED) is 0.753. The summed E-state index contributed by atoms with van der Waals surface area (Å²) in [4.78, 5) is 15.1. The highest BCUT2D eigenvalue weighted by atomic mass is 16.4. The third-order valence-electron chi connectivity index (χ3n) is 3.96. The molecule has 0 bridgehead atoms. The van der Waals surface area contributed by atoms with Crippen molar-refractivity contribution in [1.82, 2.24) is 14.8 Å². The zero-order valence-electron chi connectivity index (χ0n) is 13.5. The first-order chi connectivity index (χ1) is 11.6. The van der Waals surface area contributed by atoms with Crippen LogP contribution in [0.2, 0.25) is 0 Å². The molecule has 5 heteroatoms. The summed E-state index contributed by atoms with van der Waals surface area (Å²) in [6.07, 6.45) is 7.39. The highest BCUT2D eigenvalue weighted by Crippen LogP contribution is 2.24. The Balaban J connectivity index is 1.79. The maximum Gasteiger partial charge on any atom is 0.303 e. The van der Waals surface area contributed by atoms with E-state index in [2.05, 4.69) is 22.2 Å². The molecule has 0 aliphatic heterocycles. The molecule has 122 valence electrons. The molecule has 0 aliphatic rings. The number of benzene rings is 1. The molecule has 0 saturated heterocycles. The smallest absolute Gasteiger partial charge is 0.303 e. The third-order valence-corrected chi connectivity index (χ3v) is 3.96. The Morgan fingerprint density at radius 1 is 1.17 bits per heavy atom. The van der Waals surface area contributed by atoms with Crippen molar-refractivity contribution in [3.8, 4) is 11.1 Å². The van der Waals surface area contributed by atoms with E-state index >= 15 is 0 Å². The molecule has 0 radical (unpaired) electrons. The number of hydrogen-bond donors (Lipinski definition) is 1. The van der Waals surface area contributed by atoms with Crippen LogP contribution in [-0.4, -0.2) is 25.8 Å². The summed E-state index contributed by atoms with van der Waals surface area (Å²) in [6, 6.07) is 12.1. The Labute approximate surface area is 140 Å². The normalized spacial score (nSPS) is 12.0. The summed E-state index contributed by atoms with van der Waals surface area (Å²) in [5.74, 6) is -0.877. The molecular weight excluding hydrogens is 302 g/mol. The Hall–Kier alpha value is -2.95. The summed E-state index contributed by atoms with van der Waals surface area (Å²) in [5, 5.41) is 13.3. The topological polar surface area (TPSA) is 68.0 Å². The van der Waals surface area contributed by atoms with Gasteiger partial charge in [0, 0.05) is 29.7 Å². The van der Waals surface area contributed by atoms with Crippen LogP contribution in [0.1, 0.15) is 30.4 Å². The second-order valence-electron chi connectivity index (χ2n) is 5.92. The van der Waals surface area contributed by atoms with Gasteiger partial charge in [0.2, 0.25) is 0 Å². The van der Waals surface area contributed by atoms with Crippen molar-refractivity contribution in [3.05, 3.63) is 72.3 Å². The zero-order valence-corrected chi connectivity index (χ0v) is 13.5. The van der Waals surface area contributed by atoms with Crippen LogP contribution in [0.3, 0.4) is 0 Å². The molecule has 2 aromatic heterocycles. The standard InChI is InChI=1S/C19H19N3O2/c1-14(7-19(23)24)16-8-17(10-20-9-16)18-11-21-22(13-18)12-15-5-3-2-4-6-15/h2-6,8-11,13-14H,7,12H2,1H3,(H,23,24). The van der Waals surface area contributed by atoms with Gasteiger partial charge in [-0.1, -0.05) is 37.3 Å². The summed E-state index contributed by atoms with van der Waals surface area (Å²) in [6.45, 7) is 2.61. The van der Waals surface area contributed by atoms with Crippen molar-refractivity contribution in [1.29, 1.82) is 0 Å². The minimum absolute atomic E-state index is 0.0747. The predicted octanol–water partition coefficient (Wildman–Crippen LogP) is 3.57. The second-order valence-corrected chi connectivity index (χ2v) is 5.92. The first-order valence-electron chi connectivity index (χ1n) is 7.85. The van der Waals surface area contributed by atoms with Gasteiger partial charge in [0.05, 0.1) is 19.2 Å². The van der Waals surface area contributed by atoms with Crippen molar-refractivity contribution >= 4 is 5.97 Å². The average Bonchev–Trinajstić information content (AvgIpc) is 3.04. The average molecular weight is 321 g/mol. The van der Waals surface area contributed by atoms with Gasteiger partial charge in [0.1, 0.15) is 0 Å². The lowest BCUT2D eigenvalue weighted by Gasteiger charge is -2.09. The molecule has 0 aliphatic carbocycles. The number of carboxylic acid groups (broad SMARTS) is 1. The number of carboxylic acids is 1. The molecule has 0 amide bonds. The van der Waals surface area contributed by atoms with Crippen LogP contribution in [0.5, 0.6) is 0 Å². The zero-order chi connectivity index (χ0) is 16.9. The second kappa shape index (κ2) is 7.08. The minimum atomic E-state index is -0.802. The van der Waals surface area contributed by atoms with E-state index in [1.807, 2.05) is 48.3 Å². The number of rotatable bonds is 6. The first-order valence-corrected chi connectivity index (χ1v) is 7.85. The summed E-state index contributed by atoms with van der Waals surface area (Å²) in [5.41, 5.74) is 4.03. The van der Waals surface area contributed by atoms with Crippen molar-refractivity contribution in [2.24, 2.45) is 0 Å². The molecule has 2 heterocycles. The highest BCUT2D eigenvalue weighted by Gasteiger charge is 2.12. The molecular formula is C19H19N3O2. The van der Waals surface area contributed by atoms with Gasteiger partial charge in [-0.05, 0) is 23.1 Å². The number of pyridine rings is 1. The van der Waals surface area contributed by atoms with Gasteiger partial charge in [0.15, 0.2) is 0 Å². The van der Waals surface area contributed by atoms with Gasteiger partial charge >= 0.3 is 5.97 Å². The van der Waals surface area contributed by atoms with E-state index < -0.39 is 5.97 Å². The van der Waals surface area contributed by atoms with Crippen molar-refractivity contribution in [2.75, 3.05) is 0 Å². The fourth-order valence-corrected chi connectivity index (χ4v) is 2.63. The predicted molar refractivity (Wildman–Crippen MR) is 91.7 cm³/mol. The number of carbonyl (C=O) groups is 1. The molecule has 0 spiro atoms. The van der Waals surface area contributed by atoms with Crippen LogP contribution in [0.4, 0.5) is 0 Å². The van der Waals surface area contributed by atoms with Crippen molar-refractivity contribution in [3.63, 3.8) is 0 Å². The van der Waals surface area contributed by atoms with Crippen LogP contribution in [0, 0.1) is 0 Å². The molecule has 0 saturated carbocycles. The van der Waals surface area contributed by atoms with Gasteiger partial charge in [-0.15, -0.1) is 0 Å². The lowest BCUT2D eigenvalue weighted by atomic mass is 9.97. The molecule has 5 nitrogen and oxygen atoms in total. The Kier molecular flexibility index (Phi) is 4.70. The number of aromatic nitrogens is 3. The van der Waals surface area contributed by atoms with Gasteiger partial charge in [-0.2, -0.15) is 5.10 Å². The van der Waals surface area contributed by atoms with Crippen LogP contribution in [0.25, 0.3) is 11.1 Å². The van der Waals surface area contributed by atoms with Gasteiger partial charge in [-0.3, -0.25) is 14.5 Å². The van der Waals surface area contributed by atoms with Gasteiger partial charge in [0.25, 0.3) is 0 Å². The maximum atomic E-state index is 10.9. The van der Waals surface area contributed by atoms with Crippen LogP contribution in [0.15, 0.2) is 61.2 Å². The monoisotopic (exact) mass is 321 g/mol. The molecule has 1 atom stereocenters. The highest BCUT2D eigenvalue weighted by molar-refractivity contribution is 5.68. The molecule has 1 aromatic carbocycles. The lowest BCUT2D eigenvalue weighted by Crippen LogP contribution is -2.03. The Bertz CT molecular complexity index is 827. The lowest BCUT2D eigenvalue weighted by molar-refractivity contribution is -0.137. The molecule has 3 aromatic rings. The minimum Gasteiger partial charge on any atom is -0.481 e. The third kappa shape index (κ3) is 3.87. The van der Waals surface area contributed by atoms with E-state index in [9.17, 15) is 4.79 Å². The maximum absolute atomic E-state index is 10.9. The van der Waals surface area contributed by atoms with Crippen LogP contribution < -0.4 is 0 Å². The van der Waals surface area contributed by atoms with Crippen molar-refractivity contribution in [2.45, 2.75) is 25.8 Å². The SMILES string of the molecule is CC(CC(=O)O)c1cncc(-c2cnn(Cc3ccccc3)c2)c1. The van der Waals surface area contributed by atoms with Gasteiger partial charge in [-0.25, -0.2) is 0 Å². The fourth-order valence-electron chi connectivity index (χ4n) is 2.63. The largest absolute Gasteiger partial charge is 0.481 e. The van der Waals surface area contributed by atoms with Crippen molar-refractivity contribution < 1.29 is 9.90 Å². The van der Waals surface area contributed by atoms with E-state index in [0.717, 1.165) is 16.7 Å². The first kappa shape index (κ1) is 15.9. The number of nitrogens with zero attached hydrogens (tertiary/aromatic N) is 3. The van der Waals surface area contributed by atoms with E-state index in [1.54, 1.807) is 12.4 Å². The van der Waals surface area contributed by atoms with E-state index in [-0.39, 0.29) is 12.3 Å². The summed E-state index contributed by atoms with van der Waals surface area (Å²) in [7, 11) is 0. The van der Waals surface area contributed by atoms with E-state index in [4.69, 9.17) is 5.11 Å². The fraction of sp³-hybridized carbons (Fsp3) is 0.211. The van der Waals surface area contributed by atoms with Crippen LogP contribution in [-0.2, 0) is 11.3 Å². The Morgan fingerprint density at radius 2 is 1.96 bits per heavy atom. The number of aliphatic carboxylic acids is 1. The molecule has 24 heavy (non-hydrogen) atoms. The van der Waals surface area contributed by atoms with Gasteiger partial charge < -0.3 is 5.11 Å². The summed E-state index contributed by atoms with van der Waals surface area (Å²) >= 11 is 0. The van der Waals surface area contributed by atoms with E-state index in [1.165, 1.54) is 5.56 Å². The Morgan fingerprint density at radius 3 is 2.71 bits per heavy atom. The number of hydrogen-bond acceptors (Lipinski definition) is 3. The molecule has 3 rings (SSSR count). The molecule has 0 fully saturated rings.